The first kappa shape index (κ1) is 19.8. The average Bonchev–Trinajstić information content (AvgIpc) is 3.36. The van der Waals surface area contributed by atoms with Gasteiger partial charge in [0.25, 0.3) is 0 Å². The molecule has 1 unspecified atom stereocenters. The van der Waals surface area contributed by atoms with Crippen LogP contribution in [-0.4, -0.2) is 34.0 Å². The van der Waals surface area contributed by atoms with E-state index in [2.05, 4.69) is 15.2 Å². The van der Waals surface area contributed by atoms with E-state index < -0.39 is 5.97 Å². The SMILES string of the molecule is COC(=O)c1ccc(Cn2cc(NC(=O)C(C)SCc3ccccc3)cn2)o1. The van der Waals surface area contributed by atoms with Gasteiger partial charge >= 0.3 is 5.97 Å². The first-order valence-corrected chi connectivity index (χ1v) is 9.76. The molecule has 2 heterocycles. The van der Waals surface area contributed by atoms with Gasteiger partial charge in [-0.05, 0) is 24.6 Å². The van der Waals surface area contributed by atoms with Gasteiger partial charge in [0, 0.05) is 11.9 Å². The smallest absolute Gasteiger partial charge is 0.373 e. The van der Waals surface area contributed by atoms with E-state index >= 15 is 0 Å². The molecule has 8 heteroatoms. The molecular formula is C20H21N3O4S. The van der Waals surface area contributed by atoms with E-state index in [1.807, 2.05) is 37.3 Å². The molecule has 0 aliphatic heterocycles. The summed E-state index contributed by atoms with van der Waals surface area (Å²) in [5.74, 6) is 0.874. The van der Waals surface area contributed by atoms with Gasteiger partial charge in [0.05, 0.1) is 30.8 Å². The standard InChI is InChI=1S/C20H21N3O4S/c1-14(28-13-15-6-4-3-5-7-15)19(24)22-16-10-21-23(11-16)12-17-8-9-18(27-17)20(25)26-2/h3-11,14H,12-13H2,1-2H3,(H,22,24). The second-order valence-electron chi connectivity index (χ2n) is 6.11. The molecule has 28 heavy (non-hydrogen) atoms. The summed E-state index contributed by atoms with van der Waals surface area (Å²) in [6.45, 7) is 2.22. The summed E-state index contributed by atoms with van der Waals surface area (Å²) in [4.78, 5) is 23.8. The van der Waals surface area contributed by atoms with E-state index in [1.165, 1.54) is 12.7 Å². The normalized spacial score (nSPS) is 11.8. The number of benzene rings is 1. The number of esters is 1. The van der Waals surface area contributed by atoms with Crippen LogP contribution in [0.15, 0.2) is 59.3 Å². The number of amides is 1. The van der Waals surface area contributed by atoms with Gasteiger partial charge in [0.1, 0.15) is 5.76 Å². The highest BCUT2D eigenvalue weighted by atomic mass is 32.2. The lowest BCUT2D eigenvalue weighted by atomic mass is 10.2. The molecule has 7 nitrogen and oxygen atoms in total. The summed E-state index contributed by atoms with van der Waals surface area (Å²) in [6, 6.07) is 13.3. The van der Waals surface area contributed by atoms with Gasteiger partial charge < -0.3 is 14.5 Å². The summed E-state index contributed by atoms with van der Waals surface area (Å²) >= 11 is 1.58. The maximum absolute atomic E-state index is 12.4. The van der Waals surface area contributed by atoms with E-state index in [0.29, 0.717) is 18.0 Å². The molecule has 0 saturated heterocycles. The van der Waals surface area contributed by atoms with Gasteiger partial charge in [0.2, 0.25) is 11.7 Å². The highest BCUT2D eigenvalue weighted by Crippen LogP contribution is 2.19. The van der Waals surface area contributed by atoms with Crippen LogP contribution in [0.4, 0.5) is 5.69 Å². The van der Waals surface area contributed by atoms with Crippen LogP contribution in [0.5, 0.6) is 0 Å². The minimum Gasteiger partial charge on any atom is -0.463 e. The Balaban J connectivity index is 1.51. The van der Waals surface area contributed by atoms with Crippen LogP contribution >= 0.6 is 11.8 Å². The minimum absolute atomic E-state index is 0.0774. The topological polar surface area (TPSA) is 86.4 Å². The van der Waals surface area contributed by atoms with E-state index in [1.54, 1.807) is 41.0 Å². The fraction of sp³-hybridized carbons (Fsp3) is 0.250. The Hall–Kier alpha value is -3.00. The summed E-state index contributed by atoms with van der Waals surface area (Å²) in [7, 11) is 1.30. The van der Waals surface area contributed by atoms with Crippen molar-refractivity contribution in [1.29, 1.82) is 0 Å². The zero-order valence-corrected chi connectivity index (χ0v) is 16.4. The van der Waals surface area contributed by atoms with Crippen molar-refractivity contribution >= 4 is 29.3 Å². The molecule has 0 radical (unpaired) electrons. The Morgan fingerprint density at radius 1 is 1.25 bits per heavy atom. The Kier molecular flexibility index (Phi) is 6.54. The van der Waals surface area contributed by atoms with Gasteiger partial charge in [-0.2, -0.15) is 5.10 Å². The number of aromatic nitrogens is 2. The number of anilines is 1. The number of methoxy groups -OCH3 is 1. The number of ether oxygens (including phenoxy) is 1. The summed E-state index contributed by atoms with van der Waals surface area (Å²) in [6.07, 6.45) is 3.30. The van der Waals surface area contributed by atoms with Crippen molar-refractivity contribution in [2.45, 2.75) is 24.5 Å². The summed E-state index contributed by atoms with van der Waals surface area (Å²) < 4.78 is 11.7. The van der Waals surface area contributed by atoms with Crippen molar-refractivity contribution in [3.63, 3.8) is 0 Å². The number of carbonyl (C=O) groups is 2. The molecule has 1 amide bonds. The number of furan rings is 1. The molecule has 1 N–H and O–H groups in total. The second kappa shape index (κ2) is 9.27. The molecule has 0 aliphatic carbocycles. The van der Waals surface area contributed by atoms with Crippen LogP contribution in [0.3, 0.4) is 0 Å². The lowest BCUT2D eigenvalue weighted by Gasteiger charge is -2.10. The predicted molar refractivity (Wildman–Crippen MR) is 107 cm³/mol. The highest BCUT2D eigenvalue weighted by Gasteiger charge is 2.15. The Bertz CT molecular complexity index is 936. The zero-order valence-electron chi connectivity index (χ0n) is 15.6. The van der Waals surface area contributed by atoms with E-state index in [9.17, 15) is 9.59 Å². The molecule has 1 atom stereocenters. The molecule has 3 aromatic rings. The molecule has 0 spiro atoms. The fourth-order valence-electron chi connectivity index (χ4n) is 2.46. The molecule has 2 aromatic heterocycles. The van der Waals surface area contributed by atoms with E-state index in [4.69, 9.17) is 4.42 Å². The molecule has 146 valence electrons. The Labute approximate surface area is 167 Å². The molecule has 0 aliphatic rings. The molecule has 0 fully saturated rings. The maximum atomic E-state index is 12.4. The third-order valence-corrected chi connectivity index (χ3v) is 5.19. The second-order valence-corrected chi connectivity index (χ2v) is 7.44. The number of hydrogen-bond donors (Lipinski definition) is 1. The molecule has 3 rings (SSSR count). The Morgan fingerprint density at radius 2 is 2.04 bits per heavy atom. The lowest BCUT2D eigenvalue weighted by molar-refractivity contribution is -0.115. The van der Waals surface area contributed by atoms with Crippen LogP contribution in [0.2, 0.25) is 0 Å². The van der Waals surface area contributed by atoms with Crippen molar-refractivity contribution < 1.29 is 18.7 Å². The van der Waals surface area contributed by atoms with Gasteiger partial charge in [-0.15, -0.1) is 11.8 Å². The fourth-order valence-corrected chi connectivity index (χ4v) is 3.31. The molecular weight excluding hydrogens is 378 g/mol. The number of rotatable bonds is 8. The lowest BCUT2D eigenvalue weighted by Crippen LogP contribution is -2.22. The third-order valence-electron chi connectivity index (χ3n) is 3.98. The third kappa shape index (κ3) is 5.26. The van der Waals surface area contributed by atoms with E-state index in [0.717, 1.165) is 5.75 Å². The number of thioether (sulfide) groups is 1. The Morgan fingerprint density at radius 3 is 2.79 bits per heavy atom. The largest absolute Gasteiger partial charge is 0.463 e. The maximum Gasteiger partial charge on any atom is 0.373 e. The van der Waals surface area contributed by atoms with Crippen molar-refractivity contribution in [1.82, 2.24) is 9.78 Å². The van der Waals surface area contributed by atoms with Gasteiger partial charge in [-0.1, -0.05) is 30.3 Å². The van der Waals surface area contributed by atoms with Gasteiger partial charge in [-0.25, -0.2) is 4.79 Å². The van der Waals surface area contributed by atoms with Gasteiger partial charge in [0.15, 0.2) is 0 Å². The van der Waals surface area contributed by atoms with Crippen LogP contribution in [-0.2, 0) is 21.8 Å². The van der Waals surface area contributed by atoms with Gasteiger partial charge in [-0.3, -0.25) is 9.48 Å². The van der Waals surface area contributed by atoms with Crippen LogP contribution in [0.1, 0.15) is 28.8 Å². The van der Waals surface area contributed by atoms with E-state index in [-0.39, 0.29) is 16.9 Å². The monoisotopic (exact) mass is 399 g/mol. The van der Waals surface area contributed by atoms with Crippen molar-refractivity contribution in [3.8, 4) is 0 Å². The van der Waals surface area contributed by atoms with Crippen LogP contribution in [0, 0.1) is 0 Å². The van der Waals surface area contributed by atoms with Crippen LogP contribution < -0.4 is 5.32 Å². The summed E-state index contributed by atoms with van der Waals surface area (Å²) in [5, 5.41) is 6.88. The molecule has 0 bridgehead atoms. The number of hydrogen-bond acceptors (Lipinski definition) is 6. The molecule has 0 saturated carbocycles. The van der Waals surface area contributed by atoms with Crippen LogP contribution in [0.25, 0.3) is 0 Å². The zero-order chi connectivity index (χ0) is 19.9. The minimum atomic E-state index is -0.526. The number of nitrogens with zero attached hydrogens (tertiary/aromatic N) is 2. The quantitative estimate of drug-likeness (QED) is 0.583. The summed E-state index contributed by atoms with van der Waals surface area (Å²) in [5.41, 5.74) is 1.79. The van der Waals surface area contributed by atoms with Crippen molar-refractivity contribution in [3.05, 3.63) is 71.9 Å². The van der Waals surface area contributed by atoms with Crippen molar-refractivity contribution in [2.24, 2.45) is 0 Å². The highest BCUT2D eigenvalue weighted by molar-refractivity contribution is 7.99. The number of carbonyl (C=O) groups excluding carboxylic acids is 2. The first-order valence-electron chi connectivity index (χ1n) is 8.71. The number of nitrogens with one attached hydrogen (secondary N) is 1. The first-order chi connectivity index (χ1) is 13.5. The predicted octanol–water partition coefficient (Wildman–Crippen LogP) is 3.57. The van der Waals surface area contributed by atoms with Crippen molar-refractivity contribution in [2.75, 3.05) is 12.4 Å². The molecule has 1 aromatic carbocycles. The average molecular weight is 399 g/mol.